The van der Waals surface area contributed by atoms with Gasteiger partial charge in [0, 0.05) is 6.04 Å². The Bertz CT molecular complexity index is 771. The van der Waals surface area contributed by atoms with E-state index in [4.69, 9.17) is 10.5 Å². The highest BCUT2D eigenvalue weighted by atomic mass is 16.5. The molecule has 0 saturated carbocycles. The number of nitrogens with zero attached hydrogens (tertiary/aromatic N) is 2. The van der Waals surface area contributed by atoms with Crippen molar-refractivity contribution < 1.29 is 9.84 Å². The molecule has 0 atom stereocenters. The van der Waals surface area contributed by atoms with Crippen LogP contribution in [-0.2, 0) is 6.61 Å². The van der Waals surface area contributed by atoms with E-state index in [2.05, 4.69) is 29.1 Å². The fraction of sp³-hybridized carbons (Fsp3) is 0.524. The maximum Gasteiger partial charge on any atom is 0.248 e. The lowest BCUT2D eigenvalue weighted by atomic mass is 10.0. The lowest BCUT2D eigenvalue weighted by Crippen LogP contribution is -2.21. The number of nitrogens with two attached hydrogens (primary N) is 1. The molecule has 0 aliphatic carbocycles. The van der Waals surface area contributed by atoms with Crippen LogP contribution in [0.4, 0.5) is 11.5 Å². The summed E-state index contributed by atoms with van der Waals surface area (Å²) in [4.78, 5) is 8.88. The Morgan fingerprint density at radius 1 is 1.07 bits per heavy atom. The number of aliphatic hydroxyl groups excluding tert-OH is 1. The third-order valence-electron chi connectivity index (χ3n) is 4.86. The second-order valence-electron chi connectivity index (χ2n) is 6.99. The standard InChI is InChI=1S/C21H32N4O2/c1-6-8-17(9-7-2)25-20-19(22)21(24-15(5)23-20)27-18-11-10-16(12-26)13(3)14(18)4/h10-11,17,26H,6-9,12,22H2,1-5H3,(H,23,24,25). The summed E-state index contributed by atoms with van der Waals surface area (Å²) < 4.78 is 6.05. The van der Waals surface area contributed by atoms with Crippen LogP contribution in [0.5, 0.6) is 11.6 Å². The third kappa shape index (κ3) is 5.10. The van der Waals surface area contributed by atoms with Crippen molar-refractivity contribution >= 4 is 11.5 Å². The van der Waals surface area contributed by atoms with E-state index in [-0.39, 0.29) is 6.61 Å². The van der Waals surface area contributed by atoms with Crippen molar-refractivity contribution in [3.63, 3.8) is 0 Å². The quantitative estimate of drug-likeness (QED) is 0.593. The summed E-state index contributed by atoms with van der Waals surface area (Å²) in [5.41, 5.74) is 9.60. The van der Waals surface area contributed by atoms with Crippen LogP contribution in [0.15, 0.2) is 12.1 Å². The van der Waals surface area contributed by atoms with Crippen molar-refractivity contribution in [1.82, 2.24) is 9.97 Å². The van der Waals surface area contributed by atoms with E-state index in [9.17, 15) is 5.11 Å². The van der Waals surface area contributed by atoms with Crippen LogP contribution in [0, 0.1) is 20.8 Å². The molecule has 4 N–H and O–H groups in total. The van der Waals surface area contributed by atoms with Gasteiger partial charge in [-0.25, -0.2) is 4.98 Å². The number of aryl methyl sites for hydroxylation is 1. The number of aliphatic hydroxyl groups is 1. The monoisotopic (exact) mass is 372 g/mol. The zero-order valence-corrected chi connectivity index (χ0v) is 17.1. The second-order valence-corrected chi connectivity index (χ2v) is 6.99. The van der Waals surface area contributed by atoms with Crippen molar-refractivity contribution in [3.05, 3.63) is 34.6 Å². The molecule has 1 aromatic carbocycles. The predicted octanol–water partition coefficient (Wildman–Crippen LogP) is 4.65. The van der Waals surface area contributed by atoms with Gasteiger partial charge < -0.3 is 20.9 Å². The first-order valence-corrected chi connectivity index (χ1v) is 9.69. The van der Waals surface area contributed by atoms with Gasteiger partial charge in [0.25, 0.3) is 0 Å². The number of nitrogen functional groups attached to an aromatic ring is 1. The minimum atomic E-state index is 0.00597. The highest BCUT2D eigenvalue weighted by Crippen LogP contribution is 2.34. The van der Waals surface area contributed by atoms with Gasteiger partial charge in [0.1, 0.15) is 17.3 Å². The minimum Gasteiger partial charge on any atom is -0.437 e. The fourth-order valence-corrected chi connectivity index (χ4v) is 3.16. The van der Waals surface area contributed by atoms with Gasteiger partial charge in [-0.05, 0) is 56.4 Å². The summed E-state index contributed by atoms with van der Waals surface area (Å²) in [6.07, 6.45) is 4.32. The summed E-state index contributed by atoms with van der Waals surface area (Å²) in [6.45, 7) is 10.1. The molecule has 6 heteroatoms. The number of benzene rings is 1. The largest absolute Gasteiger partial charge is 0.437 e. The summed E-state index contributed by atoms with van der Waals surface area (Å²) in [5, 5.41) is 12.9. The average molecular weight is 373 g/mol. The molecule has 0 amide bonds. The van der Waals surface area contributed by atoms with Crippen LogP contribution in [0.1, 0.15) is 62.0 Å². The van der Waals surface area contributed by atoms with Crippen LogP contribution in [0.2, 0.25) is 0 Å². The van der Waals surface area contributed by atoms with E-state index in [0.29, 0.717) is 35.0 Å². The molecule has 148 valence electrons. The van der Waals surface area contributed by atoms with E-state index in [1.165, 1.54) is 0 Å². The highest BCUT2D eigenvalue weighted by molar-refractivity contribution is 5.68. The van der Waals surface area contributed by atoms with E-state index < -0.39 is 0 Å². The molecule has 2 aromatic rings. The number of rotatable bonds is 9. The van der Waals surface area contributed by atoms with Gasteiger partial charge in [0.2, 0.25) is 5.88 Å². The molecule has 0 saturated heterocycles. The topological polar surface area (TPSA) is 93.3 Å². The van der Waals surface area contributed by atoms with Gasteiger partial charge in [-0.1, -0.05) is 32.8 Å². The Balaban J connectivity index is 2.33. The van der Waals surface area contributed by atoms with Gasteiger partial charge in [-0.15, -0.1) is 0 Å². The van der Waals surface area contributed by atoms with E-state index in [1.807, 2.05) is 32.9 Å². The van der Waals surface area contributed by atoms with Crippen molar-refractivity contribution in [1.29, 1.82) is 0 Å². The number of aromatic nitrogens is 2. The first-order valence-electron chi connectivity index (χ1n) is 9.69. The van der Waals surface area contributed by atoms with Gasteiger partial charge in [0.05, 0.1) is 6.61 Å². The maximum atomic E-state index is 9.42. The molecule has 0 unspecified atom stereocenters. The average Bonchev–Trinajstić information content (AvgIpc) is 2.63. The van der Waals surface area contributed by atoms with Crippen molar-refractivity contribution in [2.24, 2.45) is 0 Å². The van der Waals surface area contributed by atoms with Gasteiger partial charge >= 0.3 is 0 Å². The fourth-order valence-electron chi connectivity index (χ4n) is 3.16. The second kappa shape index (κ2) is 9.55. The molecular weight excluding hydrogens is 340 g/mol. The zero-order valence-electron chi connectivity index (χ0n) is 17.1. The highest BCUT2D eigenvalue weighted by Gasteiger charge is 2.17. The Labute approximate surface area is 162 Å². The lowest BCUT2D eigenvalue weighted by Gasteiger charge is -2.20. The molecule has 6 nitrogen and oxygen atoms in total. The van der Waals surface area contributed by atoms with E-state index in [1.54, 1.807) is 0 Å². The van der Waals surface area contributed by atoms with Crippen LogP contribution in [0.3, 0.4) is 0 Å². The molecule has 0 fully saturated rings. The number of hydrogen-bond donors (Lipinski definition) is 3. The summed E-state index contributed by atoms with van der Waals surface area (Å²) in [6, 6.07) is 4.03. The lowest BCUT2D eigenvalue weighted by molar-refractivity contribution is 0.281. The van der Waals surface area contributed by atoms with Crippen LogP contribution in [-0.4, -0.2) is 21.1 Å². The molecule has 0 aliphatic rings. The Hall–Kier alpha value is -2.34. The molecule has 27 heavy (non-hydrogen) atoms. The van der Waals surface area contributed by atoms with Crippen LogP contribution in [0.25, 0.3) is 0 Å². The van der Waals surface area contributed by atoms with Crippen molar-refractivity contribution in [2.75, 3.05) is 11.1 Å². The van der Waals surface area contributed by atoms with Crippen molar-refractivity contribution in [3.8, 4) is 11.6 Å². The summed E-state index contributed by atoms with van der Waals surface area (Å²) in [5.74, 6) is 2.27. The van der Waals surface area contributed by atoms with Gasteiger partial charge in [0.15, 0.2) is 5.82 Å². The van der Waals surface area contributed by atoms with E-state index in [0.717, 1.165) is 42.4 Å². The smallest absolute Gasteiger partial charge is 0.248 e. The van der Waals surface area contributed by atoms with Gasteiger partial charge in [-0.3, -0.25) is 0 Å². The zero-order chi connectivity index (χ0) is 20.0. The molecule has 2 rings (SSSR count). The number of nitrogens with one attached hydrogen (secondary N) is 1. The normalized spacial score (nSPS) is 11.1. The molecule has 0 spiro atoms. The maximum absolute atomic E-state index is 9.42. The van der Waals surface area contributed by atoms with Crippen LogP contribution >= 0.6 is 0 Å². The van der Waals surface area contributed by atoms with Crippen molar-refractivity contribution in [2.45, 2.75) is 73.0 Å². The Morgan fingerprint density at radius 2 is 1.74 bits per heavy atom. The molecule has 0 bridgehead atoms. The minimum absolute atomic E-state index is 0.00597. The molecule has 0 aliphatic heterocycles. The molecule has 1 heterocycles. The summed E-state index contributed by atoms with van der Waals surface area (Å²) >= 11 is 0. The first-order chi connectivity index (χ1) is 12.9. The predicted molar refractivity (Wildman–Crippen MR) is 110 cm³/mol. The Kier molecular flexibility index (Phi) is 7.42. The van der Waals surface area contributed by atoms with E-state index >= 15 is 0 Å². The Morgan fingerprint density at radius 3 is 2.33 bits per heavy atom. The first kappa shape index (κ1) is 21.0. The number of ether oxygens (including phenoxy) is 1. The SMILES string of the molecule is CCCC(CCC)Nc1nc(C)nc(Oc2ccc(CO)c(C)c2C)c1N. The molecular formula is C21H32N4O2. The molecule has 1 aromatic heterocycles. The number of hydrogen-bond acceptors (Lipinski definition) is 6. The van der Waals surface area contributed by atoms with Gasteiger partial charge in [-0.2, -0.15) is 4.98 Å². The third-order valence-corrected chi connectivity index (χ3v) is 4.86. The van der Waals surface area contributed by atoms with Crippen LogP contribution < -0.4 is 15.8 Å². The summed E-state index contributed by atoms with van der Waals surface area (Å²) in [7, 11) is 0. The molecule has 0 radical (unpaired) electrons. The number of anilines is 2.